The number of halogens is 1. The third-order valence-electron chi connectivity index (χ3n) is 2.79. The van der Waals surface area contributed by atoms with Gasteiger partial charge in [-0.05, 0) is 24.6 Å². The molecule has 2 rings (SSSR count). The van der Waals surface area contributed by atoms with Gasteiger partial charge in [-0.3, -0.25) is 4.79 Å². The fourth-order valence-electron chi connectivity index (χ4n) is 1.79. The second-order valence-corrected chi connectivity index (χ2v) is 4.89. The van der Waals surface area contributed by atoms with Crippen LogP contribution in [0.25, 0.3) is 0 Å². The number of benzene rings is 2. The Labute approximate surface area is 121 Å². The molecular formula is C16H15BrO2. The van der Waals surface area contributed by atoms with Crippen molar-refractivity contribution < 1.29 is 9.53 Å². The maximum atomic E-state index is 11.9. The molecule has 0 aliphatic carbocycles. The van der Waals surface area contributed by atoms with Crippen molar-refractivity contribution in [2.75, 3.05) is 5.33 Å². The summed E-state index contributed by atoms with van der Waals surface area (Å²) in [6.45, 7) is 2.43. The third-order valence-corrected chi connectivity index (χ3v) is 3.30. The number of Topliss-reactive ketones (excluding diaryl/α,β-unsaturated/α-hetero) is 1. The van der Waals surface area contributed by atoms with E-state index in [1.807, 2.05) is 55.5 Å². The lowest BCUT2D eigenvalue weighted by atomic mass is 10.1. The zero-order valence-electron chi connectivity index (χ0n) is 10.7. The first-order chi connectivity index (χ1) is 9.20. The summed E-state index contributed by atoms with van der Waals surface area (Å²) in [5, 5.41) is 0.304. The normalized spacial score (nSPS) is 10.2. The fraction of sp³-hybridized carbons (Fsp3) is 0.188. The summed E-state index contributed by atoms with van der Waals surface area (Å²) < 4.78 is 5.76. The lowest BCUT2D eigenvalue weighted by Crippen LogP contribution is -2.05. The lowest BCUT2D eigenvalue weighted by molar-refractivity contribution is 0.101. The molecule has 0 N–H and O–H groups in total. The first-order valence-corrected chi connectivity index (χ1v) is 7.19. The monoisotopic (exact) mass is 318 g/mol. The van der Waals surface area contributed by atoms with E-state index in [0.717, 1.165) is 11.1 Å². The van der Waals surface area contributed by atoms with Crippen LogP contribution in [0.3, 0.4) is 0 Å². The van der Waals surface area contributed by atoms with E-state index in [0.29, 0.717) is 23.2 Å². The molecule has 2 aromatic carbocycles. The van der Waals surface area contributed by atoms with Crippen molar-refractivity contribution in [2.24, 2.45) is 0 Å². The van der Waals surface area contributed by atoms with E-state index in [-0.39, 0.29) is 5.78 Å². The second kappa shape index (κ2) is 6.53. The van der Waals surface area contributed by atoms with Crippen LogP contribution in [0.2, 0.25) is 0 Å². The number of aryl methyl sites for hydroxylation is 1. The quantitative estimate of drug-likeness (QED) is 0.611. The van der Waals surface area contributed by atoms with E-state index < -0.39 is 0 Å². The van der Waals surface area contributed by atoms with Gasteiger partial charge in [-0.25, -0.2) is 0 Å². The van der Waals surface area contributed by atoms with Crippen molar-refractivity contribution >= 4 is 21.7 Å². The maximum Gasteiger partial charge on any atom is 0.177 e. The molecule has 0 unspecified atom stereocenters. The summed E-state index contributed by atoms with van der Waals surface area (Å²) >= 11 is 3.20. The standard InChI is InChI=1S/C16H15BrO2/c1-12-7-8-16(14(9-12)15(18)10-17)19-11-13-5-3-2-4-6-13/h2-9H,10-11H2,1H3. The maximum absolute atomic E-state index is 11.9. The van der Waals surface area contributed by atoms with Crippen LogP contribution in [0.5, 0.6) is 5.75 Å². The number of carbonyl (C=O) groups excluding carboxylic acids is 1. The fourth-order valence-corrected chi connectivity index (χ4v) is 2.10. The molecule has 0 heterocycles. The molecule has 2 nitrogen and oxygen atoms in total. The molecule has 0 aliphatic heterocycles. The van der Waals surface area contributed by atoms with Gasteiger partial charge >= 0.3 is 0 Å². The Bertz CT molecular complexity index is 564. The Morgan fingerprint density at radius 2 is 1.89 bits per heavy atom. The molecule has 0 aromatic heterocycles. The van der Waals surface area contributed by atoms with Crippen LogP contribution in [0, 0.1) is 6.92 Å². The number of ether oxygens (including phenoxy) is 1. The van der Waals surface area contributed by atoms with Crippen LogP contribution in [-0.4, -0.2) is 11.1 Å². The topological polar surface area (TPSA) is 26.3 Å². The van der Waals surface area contributed by atoms with Crippen LogP contribution in [0.15, 0.2) is 48.5 Å². The van der Waals surface area contributed by atoms with Gasteiger partial charge in [0.15, 0.2) is 5.78 Å². The van der Waals surface area contributed by atoms with Crippen LogP contribution in [0.1, 0.15) is 21.5 Å². The molecule has 0 spiro atoms. The van der Waals surface area contributed by atoms with Gasteiger partial charge in [-0.15, -0.1) is 0 Å². The number of carbonyl (C=O) groups is 1. The van der Waals surface area contributed by atoms with Crippen LogP contribution in [0.4, 0.5) is 0 Å². The summed E-state index contributed by atoms with van der Waals surface area (Å²) in [7, 11) is 0. The van der Waals surface area contributed by atoms with E-state index in [2.05, 4.69) is 15.9 Å². The molecule has 0 aliphatic rings. The van der Waals surface area contributed by atoms with Crippen molar-refractivity contribution in [1.82, 2.24) is 0 Å². The van der Waals surface area contributed by atoms with Crippen LogP contribution < -0.4 is 4.74 Å². The number of alkyl halides is 1. The average molecular weight is 319 g/mol. The minimum atomic E-state index is 0.0340. The highest BCUT2D eigenvalue weighted by Crippen LogP contribution is 2.22. The Balaban J connectivity index is 2.18. The molecule has 0 atom stereocenters. The van der Waals surface area contributed by atoms with Crippen LogP contribution in [-0.2, 0) is 6.61 Å². The van der Waals surface area contributed by atoms with Gasteiger partial charge < -0.3 is 4.74 Å². The molecule has 3 heteroatoms. The minimum Gasteiger partial charge on any atom is -0.488 e. The van der Waals surface area contributed by atoms with Crippen molar-refractivity contribution in [3.8, 4) is 5.75 Å². The van der Waals surface area contributed by atoms with Crippen LogP contribution >= 0.6 is 15.9 Å². The predicted molar refractivity (Wildman–Crippen MR) is 80.1 cm³/mol. The number of hydrogen-bond donors (Lipinski definition) is 0. The summed E-state index contributed by atoms with van der Waals surface area (Å²) in [5.74, 6) is 0.672. The van der Waals surface area contributed by atoms with Gasteiger partial charge in [0.25, 0.3) is 0 Å². The summed E-state index contributed by atoms with van der Waals surface area (Å²) in [5.41, 5.74) is 2.77. The molecule has 0 bridgehead atoms. The molecule has 0 radical (unpaired) electrons. The second-order valence-electron chi connectivity index (χ2n) is 4.33. The smallest absolute Gasteiger partial charge is 0.177 e. The molecule has 0 saturated carbocycles. The van der Waals surface area contributed by atoms with E-state index in [1.54, 1.807) is 0 Å². The first-order valence-electron chi connectivity index (χ1n) is 6.07. The molecule has 2 aromatic rings. The Morgan fingerprint density at radius 1 is 1.16 bits per heavy atom. The molecule has 0 amide bonds. The predicted octanol–water partition coefficient (Wildman–Crippen LogP) is 4.15. The number of ketones is 1. The lowest BCUT2D eigenvalue weighted by Gasteiger charge is -2.11. The summed E-state index contributed by atoms with van der Waals surface area (Å²) in [4.78, 5) is 11.9. The molecule has 19 heavy (non-hydrogen) atoms. The van der Waals surface area contributed by atoms with Gasteiger partial charge in [0.05, 0.1) is 10.9 Å². The Morgan fingerprint density at radius 3 is 2.58 bits per heavy atom. The van der Waals surface area contributed by atoms with Gasteiger partial charge in [-0.2, -0.15) is 0 Å². The summed E-state index contributed by atoms with van der Waals surface area (Å²) in [6.07, 6.45) is 0. The van der Waals surface area contributed by atoms with Gasteiger partial charge in [0.2, 0.25) is 0 Å². The highest BCUT2D eigenvalue weighted by atomic mass is 79.9. The third kappa shape index (κ3) is 3.67. The van der Waals surface area contributed by atoms with E-state index in [1.165, 1.54) is 0 Å². The van der Waals surface area contributed by atoms with Gasteiger partial charge in [-0.1, -0.05) is 57.9 Å². The molecule has 0 saturated heterocycles. The van der Waals surface area contributed by atoms with Crippen molar-refractivity contribution in [2.45, 2.75) is 13.5 Å². The molecule has 98 valence electrons. The van der Waals surface area contributed by atoms with Gasteiger partial charge in [0.1, 0.15) is 12.4 Å². The summed E-state index contributed by atoms with van der Waals surface area (Å²) in [6, 6.07) is 15.6. The Hall–Kier alpha value is -1.61. The van der Waals surface area contributed by atoms with Gasteiger partial charge in [0, 0.05) is 0 Å². The number of hydrogen-bond acceptors (Lipinski definition) is 2. The highest BCUT2D eigenvalue weighted by molar-refractivity contribution is 9.09. The van der Waals surface area contributed by atoms with Crippen molar-refractivity contribution in [3.05, 3.63) is 65.2 Å². The molecule has 0 fully saturated rings. The zero-order chi connectivity index (χ0) is 13.7. The average Bonchev–Trinajstić information content (AvgIpc) is 2.46. The van der Waals surface area contributed by atoms with Crippen molar-refractivity contribution in [1.29, 1.82) is 0 Å². The highest BCUT2D eigenvalue weighted by Gasteiger charge is 2.11. The van der Waals surface area contributed by atoms with E-state index in [9.17, 15) is 4.79 Å². The number of rotatable bonds is 5. The SMILES string of the molecule is Cc1ccc(OCc2ccccc2)c(C(=O)CBr)c1. The van der Waals surface area contributed by atoms with E-state index in [4.69, 9.17) is 4.74 Å². The Kier molecular flexibility index (Phi) is 4.74. The largest absolute Gasteiger partial charge is 0.488 e. The first kappa shape index (κ1) is 13.8. The van der Waals surface area contributed by atoms with E-state index >= 15 is 0 Å². The minimum absolute atomic E-state index is 0.0340. The van der Waals surface area contributed by atoms with Crippen molar-refractivity contribution in [3.63, 3.8) is 0 Å². The zero-order valence-corrected chi connectivity index (χ0v) is 12.3. The molecular weight excluding hydrogens is 304 g/mol.